The summed E-state index contributed by atoms with van der Waals surface area (Å²) in [6, 6.07) is 0. The van der Waals surface area contributed by atoms with Crippen LogP contribution in [-0.4, -0.2) is 10.5 Å². The van der Waals surface area contributed by atoms with E-state index in [0.29, 0.717) is 0 Å². The third-order valence-electron chi connectivity index (χ3n) is 0. The zero-order valence-electron chi connectivity index (χ0n) is 1.79. The van der Waals surface area contributed by atoms with Crippen molar-refractivity contribution < 1.29 is 55.3 Å². The first-order valence-electron chi connectivity index (χ1n) is 0.200. The maximum absolute atomic E-state index is 6.00. The van der Waals surface area contributed by atoms with Crippen LogP contribution in [0.5, 0.6) is 0 Å². The van der Waals surface area contributed by atoms with Gasteiger partial charge >= 0.3 is 0 Å². The van der Waals surface area contributed by atoms with E-state index in [1.807, 2.05) is 0 Å². The molecule has 0 unspecified atom stereocenters. The normalized spacial score (nSPS) is 1.50. The van der Waals surface area contributed by atoms with Crippen molar-refractivity contribution in [3.63, 3.8) is 0 Å². The minimum atomic E-state index is 0. The van der Waals surface area contributed by atoms with Crippen LogP contribution in [0.15, 0.2) is 0 Å². The molecule has 0 aromatic carbocycles. The summed E-state index contributed by atoms with van der Waals surface area (Å²) in [5.74, 6) is 0. The van der Waals surface area contributed by atoms with Gasteiger partial charge in [0.2, 0.25) is 0 Å². The van der Waals surface area contributed by atoms with Crippen molar-refractivity contribution in [1.29, 1.82) is 0 Å². The van der Waals surface area contributed by atoms with Gasteiger partial charge in [0.05, 0.1) is 0 Å². The Morgan fingerprint density at radius 1 is 0.750 bits per heavy atom. The van der Waals surface area contributed by atoms with Gasteiger partial charge in [0.25, 0.3) is 0 Å². The average Bonchev–Trinajstić information content (AvgIpc) is 1.00. The zero-order valence-corrected chi connectivity index (χ0v) is 8.22. The molecule has 0 atom stereocenters. The SMILES string of the molecule is OO.[Ta].[Ta]. The monoisotopic (exact) mass is 396 g/mol. The van der Waals surface area contributed by atoms with E-state index in [1.165, 1.54) is 0 Å². The Kier molecular flexibility index (Phi) is 118. The Hall–Kier alpha value is 1.40. The van der Waals surface area contributed by atoms with Crippen LogP contribution in [0.4, 0.5) is 0 Å². The predicted molar refractivity (Wildman–Crippen MR) is 5.26 cm³/mol. The number of hydrogen-bond acceptors (Lipinski definition) is 2. The van der Waals surface area contributed by atoms with E-state index in [-0.39, 0.29) is 44.8 Å². The fourth-order valence-corrected chi connectivity index (χ4v) is 0. The van der Waals surface area contributed by atoms with Gasteiger partial charge in [0.15, 0.2) is 0 Å². The van der Waals surface area contributed by atoms with Crippen molar-refractivity contribution in [3.05, 3.63) is 0 Å². The Morgan fingerprint density at radius 2 is 0.750 bits per heavy atom. The van der Waals surface area contributed by atoms with E-state index in [0.717, 1.165) is 0 Å². The fraction of sp³-hybridized carbons (Fsp3) is 0. The van der Waals surface area contributed by atoms with Crippen LogP contribution in [-0.2, 0) is 44.8 Å². The van der Waals surface area contributed by atoms with Crippen LogP contribution in [0.3, 0.4) is 0 Å². The molecule has 4 heavy (non-hydrogen) atoms. The van der Waals surface area contributed by atoms with Crippen LogP contribution < -0.4 is 0 Å². The topological polar surface area (TPSA) is 40.5 Å². The molecular formula is H2O2Ta2. The molecule has 2 N–H and O–H groups in total. The van der Waals surface area contributed by atoms with Crippen LogP contribution in [0, 0.1) is 0 Å². The summed E-state index contributed by atoms with van der Waals surface area (Å²) in [7, 11) is 0. The maximum Gasteiger partial charge on any atom is 0 e. The molecule has 4 heteroatoms. The van der Waals surface area contributed by atoms with E-state index < -0.39 is 0 Å². The molecule has 0 aliphatic rings. The van der Waals surface area contributed by atoms with Gasteiger partial charge in [-0.3, -0.25) is 10.5 Å². The fourth-order valence-electron chi connectivity index (χ4n) is 0. The molecule has 0 spiro atoms. The molecule has 0 rings (SSSR count). The third-order valence-corrected chi connectivity index (χ3v) is 0. The van der Waals surface area contributed by atoms with Crippen molar-refractivity contribution in [3.8, 4) is 0 Å². The van der Waals surface area contributed by atoms with Gasteiger partial charge in [0.1, 0.15) is 0 Å². The van der Waals surface area contributed by atoms with Crippen molar-refractivity contribution in [2.24, 2.45) is 0 Å². The second-order valence-corrected chi connectivity index (χ2v) is 0. The number of hydrogen-bond donors (Lipinski definition) is 2. The molecule has 0 saturated carbocycles. The van der Waals surface area contributed by atoms with Crippen molar-refractivity contribution in [1.82, 2.24) is 0 Å². The smallest absolute Gasteiger partial charge is 0 e. The van der Waals surface area contributed by atoms with E-state index in [1.54, 1.807) is 0 Å². The Morgan fingerprint density at radius 3 is 0.750 bits per heavy atom. The molecule has 0 aliphatic carbocycles. The molecule has 0 fully saturated rings. The van der Waals surface area contributed by atoms with Gasteiger partial charge in [-0.1, -0.05) is 0 Å². The molecule has 0 heterocycles. The standard InChI is InChI=1S/H2O2.2Ta/c1-2;;/h1-2H;;. The maximum atomic E-state index is 6.00. The zero-order chi connectivity index (χ0) is 2.00. The first kappa shape index (κ1) is 18.1. The van der Waals surface area contributed by atoms with Crippen molar-refractivity contribution in [2.75, 3.05) is 0 Å². The molecule has 24 valence electrons. The molecule has 2 radical (unpaired) electrons. The second kappa shape index (κ2) is 25.9. The Labute approximate surface area is 55.2 Å². The van der Waals surface area contributed by atoms with E-state index in [2.05, 4.69) is 0 Å². The second-order valence-electron chi connectivity index (χ2n) is 0. The van der Waals surface area contributed by atoms with Crippen LogP contribution in [0.25, 0.3) is 0 Å². The van der Waals surface area contributed by atoms with Gasteiger partial charge in [-0.2, -0.15) is 0 Å². The minimum absolute atomic E-state index is 0. The molecule has 2 nitrogen and oxygen atoms in total. The third kappa shape index (κ3) is 9.99. The molecule has 0 aliphatic heterocycles. The number of rotatable bonds is 0. The Balaban J connectivity index is -0.00000000500. The summed E-state index contributed by atoms with van der Waals surface area (Å²) in [6.45, 7) is 0. The van der Waals surface area contributed by atoms with Crippen LogP contribution >= 0.6 is 0 Å². The largest absolute Gasteiger partial charge is 0.255 e. The summed E-state index contributed by atoms with van der Waals surface area (Å²) in [5, 5.41) is 12.0. The minimum Gasteiger partial charge on any atom is -0.255 e. The molecule has 0 amide bonds. The quantitative estimate of drug-likeness (QED) is 0.448. The van der Waals surface area contributed by atoms with Gasteiger partial charge in [-0.25, -0.2) is 0 Å². The Bertz CT molecular complexity index is 4.00. The molecular weight excluding hydrogens is 394 g/mol. The molecule has 0 saturated heterocycles. The van der Waals surface area contributed by atoms with E-state index in [4.69, 9.17) is 10.5 Å². The van der Waals surface area contributed by atoms with Gasteiger partial charge in [-0.05, 0) is 0 Å². The first-order chi connectivity index (χ1) is 1.00. The van der Waals surface area contributed by atoms with Gasteiger partial charge in [-0.15, -0.1) is 0 Å². The molecule has 0 aromatic heterocycles. The summed E-state index contributed by atoms with van der Waals surface area (Å²) >= 11 is 0. The summed E-state index contributed by atoms with van der Waals surface area (Å²) in [5.41, 5.74) is 0. The molecule has 0 aromatic rings. The van der Waals surface area contributed by atoms with Gasteiger partial charge < -0.3 is 0 Å². The summed E-state index contributed by atoms with van der Waals surface area (Å²) in [6.07, 6.45) is 0. The van der Waals surface area contributed by atoms with E-state index >= 15 is 0 Å². The average molecular weight is 396 g/mol. The first-order valence-corrected chi connectivity index (χ1v) is 0.200. The van der Waals surface area contributed by atoms with Crippen molar-refractivity contribution >= 4 is 0 Å². The van der Waals surface area contributed by atoms with Crippen molar-refractivity contribution in [2.45, 2.75) is 0 Å². The van der Waals surface area contributed by atoms with Gasteiger partial charge in [0, 0.05) is 44.8 Å². The summed E-state index contributed by atoms with van der Waals surface area (Å²) < 4.78 is 0. The van der Waals surface area contributed by atoms with Crippen LogP contribution in [0.2, 0.25) is 0 Å². The molecule has 0 bridgehead atoms. The predicted octanol–water partition coefficient (Wildman–Crippen LogP) is 0.0124. The summed E-state index contributed by atoms with van der Waals surface area (Å²) in [4.78, 5) is 0. The van der Waals surface area contributed by atoms with Crippen LogP contribution in [0.1, 0.15) is 0 Å². The van der Waals surface area contributed by atoms with E-state index in [9.17, 15) is 0 Å².